The van der Waals surface area contributed by atoms with Crippen LogP contribution in [0.3, 0.4) is 0 Å². The van der Waals surface area contributed by atoms with E-state index in [0.29, 0.717) is 13.2 Å². The Morgan fingerprint density at radius 1 is 1.17 bits per heavy atom. The van der Waals surface area contributed by atoms with Crippen LogP contribution in [0.15, 0.2) is 47.0 Å². The number of furan rings is 1. The summed E-state index contributed by atoms with van der Waals surface area (Å²) >= 11 is 0. The summed E-state index contributed by atoms with van der Waals surface area (Å²) in [5.41, 5.74) is 3.19. The van der Waals surface area contributed by atoms with Gasteiger partial charge in [0.2, 0.25) is 0 Å². The number of hydrogen-bond acceptors (Lipinski definition) is 6. The zero-order valence-corrected chi connectivity index (χ0v) is 16.8. The minimum Gasteiger partial charge on any atom is -0.492 e. The maximum atomic E-state index is 5.94. The minimum atomic E-state index is 0.692. The maximum absolute atomic E-state index is 5.94. The lowest BCUT2D eigenvalue weighted by Crippen LogP contribution is -2.38. The summed E-state index contributed by atoms with van der Waals surface area (Å²) in [5, 5.41) is 10.7. The van der Waals surface area contributed by atoms with E-state index in [-0.39, 0.29) is 0 Å². The van der Waals surface area contributed by atoms with Gasteiger partial charge >= 0.3 is 0 Å². The summed E-state index contributed by atoms with van der Waals surface area (Å²) in [7, 11) is 0. The number of rotatable bonds is 9. The molecule has 0 unspecified atom stereocenters. The van der Waals surface area contributed by atoms with Crippen LogP contribution in [0.5, 0.6) is 5.75 Å². The highest BCUT2D eigenvalue weighted by Gasteiger charge is 2.11. The van der Waals surface area contributed by atoms with Gasteiger partial charge in [-0.3, -0.25) is 10.00 Å². The van der Waals surface area contributed by atoms with Crippen LogP contribution in [0.4, 0.5) is 0 Å². The molecule has 0 spiro atoms. The van der Waals surface area contributed by atoms with Crippen LogP contribution in [0.2, 0.25) is 0 Å². The molecule has 29 heavy (non-hydrogen) atoms. The smallest absolute Gasteiger partial charge is 0.152 e. The van der Waals surface area contributed by atoms with Crippen LogP contribution < -0.4 is 10.1 Å². The van der Waals surface area contributed by atoms with E-state index in [1.54, 1.807) is 0 Å². The second-order valence-corrected chi connectivity index (χ2v) is 7.23. The Kier molecular flexibility index (Phi) is 6.61. The molecule has 7 nitrogen and oxygen atoms in total. The van der Waals surface area contributed by atoms with Gasteiger partial charge < -0.3 is 19.2 Å². The van der Waals surface area contributed by atoms with E-state index in [1.807, 2.05) is 37.4 Å². The minimum absolute atomic E-state index is 0.692. The fourth-order valence-electron chi connectivity index (χ4n) is 3.43. The van der Waals surface area contributed by atoms with E-state index in [4.69, 9.17) is 13.9 Å². The van der Waals surface area contributed by atoms with Crippen LogP contribution in [-0.2, 0) is 17.8 Å². The van der Waals surface area contributed by atoms with Crippen LogP contribution in [0.25, 0.3) is 11.5 Å². The Labute approximate surface area is 171 Å². The standard InChI is InChI=1S/C22H28N4O3/c1-17-5-6-21(29-17)22-19(16-24-25-22)15-23-14-18-3-2-4-20(13-18)28-12-9-26-7-10-27-11-8-26/h2-6,13,16,23H,7-12,14-15H2,1H3,(H,24,25). The second-order valence-electron chi connectivity index (χ2n) is 7.23. The first-order chi connectivity index (χ1) is 14.3. The van der Waals surface area contributed by atoms with E-state index < -0.39 is 0 Å². The maximum Gasteiger partial charge on any atom is 0.152 e. The van der Waals surface area contributed by atoms with Crippen molar-refractivity contribution in [3.63, 3.8) is 0 Å². The fraction of sp³-hybridized carbons (Fsp3) is 0.409. The van der Waals surface area contributed by atoms with Gasteiger partial charge in [-0.25, -0.2) is 0 Å². The lowest BCUT2D eigenvalue weighted by molar-refractivity contribution is 0.0322. The molecule has 2 aromatic heterocycles. The quantitative estimate of drug-likeness (QED) is 0.579. The predicted octanol–water partition coefficient (Wildman–Crippen LogP) is 2.98. The first-order valence-electron chi connectivity index (χ1n) is 10.1. The van der Waals surface area contributed by atoms with Crippen LogP contribution in [-0.4, -0.2) is 54.6 Å². The summed E-state index contributed by atoms with van der Waals surface area (Å²) in [4.78, 5) is 2.37. The van der Waals surface area contributed by atoms with E-state index in [0.717, 1.165) is 67.9 Å². The highest BCUT2D eigenvalue weighted by molar-refractivity contribution is 5.56. The number of ether oxygens (including phenoxy) is 2. The van der Waals surface area contributed by atoms with Gasteiger partial charge in [-0.15, -0.1) is 0 Å². The van der Waals surface area contributed by atoms with Crippen molar-refractivity contribution < 1.29 is 13.9 Å². The molecule has 3 heterocycles. The Morgan fingerprint density at radius 3 is 2.90 bits per heavy atom. The average Bonchev–Trinajstić information content (AvgIpc) is 3.38. The highest BCUT2D eigenvalue weighted by Crippen LogP contribution is 2.23. The molecule has 1 aliphatic rings. The number of nitrogens with one attached hydrogen (secondary N) is 2. The fourth-order valence-corrected chi connectivity index (χ4v) is 3.43. The van der Waals surface area contributed by atoms with Crippen LogP contribution >= 0.6 is 0 Å². The Hall–Kier alpha value is -2.61. The molecule has 1 fully saturated rings. The van der Waals surface area contributed by atoms with Gasteiger partial charge in [-0.1, -0.05) is 12.1 Å². The van der Waals surface area contributed by atoms with Crippen molar-refractivity contribution in [2.75, 3.05) is 39.5 Å². The van der Waals surface area contributed by atoms with Crippen molar-refractivity contribution in [1.82, 2.24) is 20.4 Å². The summed E-state index contributed by atoms with van der Waals surface area (Å²) in [5.74, 6) is 2.61. The Morgan fingerprint density at radius 2 is 2.07 bits per heavy atom. The van der Waals surface area contributed by atoms with Gasteiger partial charge in [-0.2, -0.15) is 5.10 Å². The average molecular weight is 396 g/mol. The van der Waals surface area contributed by atoms with Crippen molar-refractivity contribution in [3.05, 3.63) is 59.5 Å². The summed E-state index contributed by atoms with van der Waals surface area (Å²) in [6.07, 6.45) is 1.84. The Bertz CT molecular complexity index is 899. The van der Waals surface area contributed by atoms with E-state index in [9.17, 15) is 0 Å². The first-order valence-corrected chi connectivity index (χ1v) is 10.1. The number of morpholine rings is 1. The molecular formula is C22H28N4O3. The van der Waals surface area contributed by atoms with E-state index in [1.165, 1.54) is 5.56 Å². The molecule has 7 heteroatoms. The number of H-pyrrole nitrogens is 1. The number of nitrogens with zero attached hydrogens (tertiary/aromatic N) is 2. The number of aromatic nitrogens is 2. The third-order valence-electron chi connectivity index (χ3n) is 5.03. The third-order valence-corrected chi connectivity index (χ3v) is 5.03. The van der Waals surface area contributed by atoms with Crippen molar-refractivity contribution in [2.45, 2.75) is 20.0 Å². The molecule has 0 saturated carbocycles. The third kappa shape index (κ3) is 5.47. The van der Waals surface area contributed by atoms with Gasteiger partial charge in [0.05, 0.1) is 19.4 Å². The molecule has 0 amide bonds. The predicted molar refractivity (Wildman–Crippen MR) is 111 cm³/mol. The molecule has 1 aliphatic heterocycles. The molecule has 0 atom stereocenters. The van der Waals surface area contributed by atoms with Gasteiger partial charge in [0.25, 0.3) is 0 Å². The van der Waals surface area contributed by atoms with Crippen molar-refractivity contribution in [3.8, 4) is 17.2 Å². The number of benzene rings is 1. The summed E-state index contributed by atoms with van der Waals surface area (Å²) in [6.45, 7) is 8.63. The molecule has 4 rings (SSSR count). The monoisotopic (exact) mass is 396 g/mol. The number of hydrogen-bond donors (Lipinski definition) is 2. The number of aryl methyl sites for hydroxylation is 1. The zero-order chi connectivity index (χ0) is 19.9. The number of aromatic amines is 1. The van der Waals surface area contributed by atoms with Crippen LogP contribution in [0, 0.1) is 6.92 Å². The molecule has 1 saturated heterocycles. The molecule has 154 valence electrons. The van der Waals surface area contributed by atoms with E-state index in [2.05, 4.69) is 32.5 Å². The molecule has 0 bridgehead atoms. The first kappa shape index (κ1) is 19.7. The van der Waals surface area contributed by atoms with Gasteiger partial charge in [-0.05, 0) is 36.8 Å². The molecule has 0 radical (unpaired) electrons. The molecule has 1 aromatic carbocycles. The SMILES string of the molecule is Cc1ccc(-c2[nH]ncc2CNCc2cccc(OCCN3CCOCC3)c2)o1. The summed E-state index contributed by atoms with van der Waals surface area (Å²) in [6, 6.07) is 12.2. The lowest BCUT2D eigenvalue weighted by Gasteiger charge is -2.26. The highest BCUT2D eigenvalue weighted by atomic mass is 16.5. The topological polar surface area (TPSA) is 75.5 Å². The second kappa shape index (κ2) is 9.73. The van der Waals surface area contributed by atoms with E-state index >= 15 is 0 Å². The normalized spacial score (nSPS) is 14.9. The van der Waals surface area contributed by atoms with Gasteiger partial charge in [0.1, 0.15) is 23.8 Å². The summed E-state index contributed by atoms with van der Waals surface area (Å²) < 4.78 is 17.0. The van der Waals surface area contributed by atoms with Crippen molar-refractivity contribution >= 4 is 0 Å². The lowest BCUT2D eigenvalue weighted by atomic mass is 10.2. The largest absolute Gasteiger partial charge is 0.492 e. The molecule has 3 aromatic rings. The molecular weight excluding hydrogens is 368 g/mol. The van der Waals surface area contributed by atoms with Crippen molar-refractivity contribution in [1.29, 1.82) is 0 Å². The zero-order valence-electron chi connectivity index (χ0n) is 16.8. The van der Waals surface area contributed by atoms with Crippen molar-refractivity contribution in [2.24, 2.45) is 0 Å². The van der Waals surface area contributed by atoms with Gasteiger partial charge in [0, 0.05) is 38.3 Å². The van der Waals surface area contributed by atoms with Gasteiger partial charge in [0.15, 0.2) is 5.76 Å². The molecule has 0 aliphatic carbocycles. The van der Waals surface area contributed by atoms with Crippen LogP contribution in [0.1, 0.15) is 16.9 Å². The molecule has 2 N–H and O–H groups in total. The Balaban J connectivity index is 1.25.